The van der Waals surface area contributed by atoms with Crippen LogP contribution in [0.3, 0.4) is 0 Å². The molecule has 0 fully saturated rings. The van der Waals surface area contributed by atoms with Gasteiger partial charge >= 0.3 is 0 Å². The van der Waals surface area contributed by atoms with Crippen molar-refractivity contribution in [1.82, 2.24) is 14.9 Å². The Labute approximate surface area is 165 Å². The maximum atomic E-state index is 12.8. The van der Waals surface area contributed by atoms with Crippen LogP contribution in [0.5, 0.6) is 0 Å². The summed E-state index contributed by atoms with van der Waals surface area (Å²) < 4.78 is 5.73. The number of amides is 1. The minimum Gasteiger partial charge on any atom is -0.451 e. The predicted octanol–water partition coefficient (Wildman–Crippen LogP) is 4.21. The number of nitrogens with one attached hydrogen (secondary N) is 1. The lowest BCUT2D eigenvalue weighted by Crippen LogP contribution is -2.27. The molecule has 1 N–H and O–H groups in total. The van der Waals surface area contributed by atoms with E-state index in [0.717, 1.165) is 22.2 Å². The fraction of sp³-hybridized carbons (Fsp3) is 0.190. The third kappa shape index (κ3) is 3.27. The summed E-state index contributed by atoms with van der Waals surface area (Å²) in [5.41, 5.74) is 3.73. The number of halogens is 1. The first-order valence-electron chi connectivity index (χ1n) is 8.76. The normalized spacial score (nSPS) is 11.3. The summed E-state index contributed by atoms with van der Waals surface area (Å²) in [6.45, 7) is 4.10. The molecule has 28 heavy (non-hydrogen) atoms. The van der Waals surface area contributed by atoms with E-state index in [-0.39, 0.29) is 17.7 Å². The van der Waals surface area contributed by atoms with E-state index >= 15 is 0 Å². The summed E-state index contributed by atoms with van der Waals surface area (Å²) in [5.74, 6) is 0.223. The van der Waals surface area contributed by atoms with Crippen LogP contribution in [-0.4, -0.2) is 27.8 Å². The Morgan fingerprint density at radius 2 is 1.93 bits per heavy atom. The Hall–Kier alpha value is -3.12. The van der Waals surface area contributed by atoms with Gasteiger partial charge < -0.3 is 14.3 Å². The van der Waals surface area contributed by atoms with E-state index in [9.17, 15) is 9.59 Å². The predicted molar refractivity (Wildman–Crippen MR) is 109 cm³/mol. The van der Waals surface area contributed by atoms with Crippen LogP contribution in [0.1, 0.15) is 27.5 Å². The second-order valence-electron chi connectivity index (χ2n) is 6.91. The van der Waals surface area contributed by atoms with E-state index in [0.29, 0.717) is 21.8 Å². The van der Waals surface area contributed by atoms with Crippen LogP contribution in [0.25, 0.3) is 22.0 Å². The Kier molecular flexibility index (Phi) is 4.43. The molecule has 7 heteroatoms. The summed E-state index contributed by atoms with van der Waals surface area (Å²) in [6.07, 6.45) is 0. The van der Waals surface area contributed by atoms with Gasteiger partial charge in [0.05, 0.1) is 23.0 Å². The van der Waals surface area contributed by atoms with E-state index in [4.69, 9.17) is 16.0 Å². The summed E-state index contributed by atoms with van der Waals surface area (Å²) in [6, 6.07) is 10.2. The molecule has 0 unspecified atom stereocenters. The van der Waals surface area contributed by atoms with Gasteiger partial charge in [-0.25, -0.2) is 4.98 Å². The van der Waals surface area contributed by atoms with Crippen LogP contribution in [0.2, 0.25) is 5.02 Å². The second kappa shape index (κ2) is 6.80. The first-order valence-corrected chi connectivity index (χ1v) is 9.14. The number of aromatic nitrogens is 2. The molecule has 0 atom stereocenters. The standard InChI is InChI=1S/C21H18ClN3O3/c1-11-6-14-17(26)9-19(28-18(14)7-12(11)2)21(27)25(3)10-20-23-15-5-4-13(22)8-16(15)24-20/h4-9H,10H2,1-3H3,(H,23,24). The van der Waals surface area contributed by atoms with E-state index < -0.39 is 5.91 Å². The molecule has 0 aliphatic heterocycles. The van der Waals surface area contributed by atoms with Crippen molar-refractivity contribution in [2.45, 2.75) is 20.4 Å². The number of imidazole rings is 1. The highest BCUT2D eigenvalue weighted by molar-refractivity contribution is 6.31. The van der Waals surface area contributed by atoms with Gasteiger partial charge in [-0.15, -0.1) is 0 Å². The molecule has 6 nitrogen and oxygen atoms in total. The summed E-state index contributed by atoms with van der Waals surface area (Å²) in [4.78, 5) is 34.3. The zero-order chi connectivity index (χ0) is 20.0. The largest absolute Gasteiger partial charge is 0.451 e. The third-order valence-electron chi connectivity index (χ3n) is 4.78. The van der Waals surface area contributed by atoms with Crippen molar-refractivity contribution in [1.29, 1.82) is 0 Å². The average molecular weight is 396 g/mol. The van der Waals surface area contributed by atoms with Gasteiger partial charge in [-0.05, 0) is 55.3 Å². The van der Waals surface area contributed by atoms with Crippen molar-refractivity contribution in [3.05, 3.63) is 74.4 Å². The summed E-state index contributed by atoms with van der Waals surface area (Å²) in [5, 5.41) is 1.08. The molecule has 142 valence electrons. The summed E-state index contributed by atoms with van der Waals surface area (Å²) in [7, 11) is 1.63. The Morgan fingerprint density at radius 3 is 2.71 bits per heavy atom. The maximum Gasteiger partial charge on any atom is 0.289 e. The van der Waals surface area contributed by atoms with E-state index in [1.165, 1.54) is 11.0 Å². The number of hydrogen-bond acceptors (Lipinski definition) is 4. The monoisotopic (exact) mass is 395 g/mol. The molecule has 0 saturated heterocycles. The minimum atomic E-state index is -0.393. The van der Waals surface area contributed by atoms with Crippen molar-refractivity contribution in [3.8, 4) is 0 Å². The molecular weight excluding hydrogens is 378 g/mol. The number of fused-ring (bicyclic) bond motifs is 2. The highest BCUT2D eigenvalue weighted by Gasteiger charge is 2.18. The quantitative estimate of drug-likeness (QED) is 0.563. The molecule has 0 aliphatic rings. The third-order valence-corrected chi connectivity index (χ3v) is 5.02. The van der Waals surface area contributed by atoms with E-state index in [1.54, 1.807) is 31.3 Å². The van der Waals surface area contributed by atoms with Gasteiger partial charge in [-0.1, -0.05) is 11.6 Å². The van der Waals surface area contributed by atoms with Crippen molar-refractivity contribution >= 4 is 39.5 Å². The SMILES string of the molecule is Cc1cc2oc(C(=O)N(C)Cc3nc4ccc(Cl)cc4[nH]3)cc(=O)c2cc1C. The van der Waals surface area contributed by atoms with Crippen molar-refractivity contribution in [3.63, 3.8) is 0 Å². The molecule has 4 aromatic rings. The molecular formula is C21H18ClN3O3. The van der Waals surface area contributed by atoms with Gasteiger partial charge in [0.25, 0.3) is 5.91 Å². The van der Waals surface area contributed by atoms with Gasteiger partial charge in [0.2, 0.25) is 0 Å². The lowest BCUT2D eigenvalue weighted by molar-refractivity contribution is 0.0751. The van der Waals surface area contributed by atoms with Crippen LogP contribution in [0.15, 0.2) is 45.6 Å². The Morgan fingerprint density at radius 1 is 1.18 bits per heavy atom. The highest BCUT2D eigenvalue weighted by atomic mass is 35.5. The molecule has 1 amide bonds. The molecule has 0 radical (unpaired) electrons. The van der Waals surface area contributed by atoms with Crippen LogP contribution in [0.4, 0.5) is 0 Å². The second-order valence-corrected chi connectivity index (χ2v) is 7.35. The van der Waals surface area contributed by atoms with E-state index in [2.05, 4.69) is 9.97 Å². The molecule has 2 heterocycles. The van der Waals surface area contributed by atoms with Gasteiger partial charge in [0.15, 0.2) is 11.2 Å². The molecule has 4 rings (SSSR count). The minimum absolute atomic E-state index is 0.00223. The molecule has 0 spiro atoms. The molecule has 0 bridgehead atoms. The van der Waals surface area contributed by atoms with Crippen LogP contribution in [-0.2, 0) is 6.54 Å². The van der Waals surface area contributed by atoms with Gasteiger partial charge in [-0.2, -0.15) is 0 Å². The van der Waals surface area contributed by atoms with Crippen molar-refractivity contribution < 1.29 is 9.21 Å². The zero-order valence-corrected chi connectivity index (χ0v) is 16.4. The number of benzene rings is 2. The molecule has 2 aromatic heterocycles. The fourth-order valence-electron chi connectivity index (χ4n) is 3.11. The van der Waals surface area contributed by atoms with Crippen LogP contribution in [0, 0.1) is 13.8 Å². The fourth-order valence-corrected chi connectivity index (χ4v) is 3.28. The first kappa shape index (κ1) is 18.3. The average Bonchev–Trinajstić information content (AvgIpc) is 3.03. The molecule has 0 aliphatic carbocycles. The summed E-state index contributed by atoms with van der Waals surface area (Å²) >= 11 is 5.99. The number of H-pyrrole nitrogens is 1. The van der Waals surface area contributed by atoms with Gasteiger partial charge in [0.1, 0.15) is 11.4 Å². The highest BCUT2D eigenvalue weighted by Crippen LogP contribution is 2.20. The maximum absolute atomic E-state index is 12.8. The van der Waals surface area contributed by atoms with Gasteiger partial charge in [-0.3, -0.25) is 9.59 Å². The number of aryl methyl sites for hydroxylation is 2. The lowest BCUT2D eigenvalue weighted by Gasteiger charge is -2.15. The number of rotatable bonds is 3. The number of hydrogen-bond donors (Lipinski definition) is 1. The topological polar surface area (TPSA) is 79.2 Å². The molecule has 0 saturated carbocycles. The smallest absolute Gasteiger partial charge is 0.289 e. The number of nitrogens with zero attached hydrogens (tertiary/aromatic N) is 2. The van der Waals surface area contributed by atoms with Gasteiger partial charge in [0, 0.05) is 18.1 Å². The van der Waals surface area contributed by atoms with Crippen LogP contribution >= 0.6 is 11.6 Å². The lowest BCUT2D eigenvalue weighted by atomic mass is 10.1. The number of carbonyl (C=O) groups excluding carboxylic acids is 1. The van der Waals surface area contributed by atoms with Crippen molar-refractivity contribution in [2.24, 2.45) is 0 Å². The Bertz CT molecular complexity index is 1290. The number of aromatic amines is 1. The van der Waals surface area contributed by atoms with Crippen molar-refractivity contribution in [2.75, 3.05) is 7.05 Å². The zero-order valence-electron chi connectivity index (χ0n) is 15.7. The first-order chi connectivity index (χ1) is 13.3. The van der Waals surface area contributed by atoms with E-state index in [1.807, 2.05) is 19.9 Å². The number of carbonyl (C=O) groups is 1. The Balaban J connectivity index is 1.64. The molecule has 2 aromatic carbocycles. The van der Waals surface area contributed by atoms with Crippen LogP contribution < -0.4 is 5.43 Å².